The van der Waals surface area contributed by atoms with E-state index >= 15 is 0 Å². The van der Waals surface area contributed by atoms with Gasteiger partial charge in [0.1, 0.15) is 0 Å². The molecule has 4 heteroatoms. The van der Waals surface area contributed by atoms with Crippen LogP contribution < -0.4 is 11.1 Å². The fourth-order valence-electron chi connectivity index (χ4n) is 1.61. The average Bonchev–Trinajstić information content (AvgIpc) is 2.18. The van der Waals surface area contributed by atoms with Gasteiger partial charge in [0.25, 0.3) is 0 Å². The highest BCUT2D eigenvalue weighted by molar-refractivity contribution is 5.48. The van der Waals surface area contributed by atoms with Crippen molar-refractivity contribution < 1.29 is 9.84 Å². The average molecular weight is 252 g/mol. The molecule has 2 unspecified atom stereocenters. The zero-order valence-electron chi connectivity index (χ0n) is 11.8. The lowest BCUT2D eigenvalue weighted by Crippen LogP contribution is -2.39. The number of aliphatic hydroxyl groups is 1. The van der Waals surface area contributed by atoms with Crippen molar-refractivity contribution in [2.75, 3.05) is 5.73 Å². The number of anilines is 1. The van der Waals surface area contributed by atoms with Crippen LogP contribution in [0.2, 0.25) is 0 Å². The standard InChI is InChI=1S/C14H24N2O2/c1-9-6-7-11(8-12(9)15)10(2)16-13(17)18-14(3,4)5/h6-8,10,13,16-17H,15H2,1-5H3. The van der Waals surface area contributed by atoms with Gasteiger partial charge in [-0.15, -0.1) is 0 Å². The highest BCUT2D eigenvalue weighted by Crippen LogP contribution is 2.19. The monoisotopic (exact) mass is 252 g/mol. The van der Waals surface area contributed by atoms with Crippen molar-refractivity contribution in [2.45, 2.75) is 52.7 Å². The Kier molecular flexibility index (Phi) is 4.73. The van der Waals surface area contributed by atoms with E-state index < -0.39 is 12.0 Å². The van der Waals surface area contributed by atoms with Crippen molar-refractivity contribution in [3.63, 3.8) is 0 Å². The molecular weight excluding hydrogens is 228 g/mol. The first-order chi connectivity index (χ1) is 8.19. The third kappa shape index (κ3) is 4.64. The number of nitrogens with one attached hydrogen (secondary N) is 1. The molecule has 0 radical (unpaired) electrons. The van der Waals surface area contributed by atoms with Gasteiger partial charge in [0.05, 0.1) is 5.60 Å². The van der Waals surface area contributed by atoms with E-state index in [1.165, 1.54) is 0 Å². The Balaban J connectivity index is 2.64. The van der Waals surface area contributed by atoms with E-state index in [0.29, 0.717) is 0 Å². The van der Waals surface area contributed by atoms with E-state index in [-0.39, 0.29) is 6.04 Å². The molecule has 0 heterocycles. The maximum atomic E-state index is 9.78. The Labute approximate surface area is 109 Å². The Bertz CT molecular complexity index is 399. The molecule has 1 rings (SSSR count). The highest BCUT2D eigenvalue weighted by atomic mass is 16.6. The van der Waals surface area contributed by atoms with E-state index in [1.54, 1.807) is 0 Å². The molecule has 4 N–H and O–H groups in total. The summed E-state index contributed by atoms with van der Waals surface area (Å²) in [5, 5.41) is 12.8. The second-order valence-corrected chi connectivity index (χ2v) is 5.59. The second kappa shape index (κ2) is 5.69. The molecule has 0 aliphatic rings. The summed E-state index contributed by atoms with van der Waals surface area (Å²) in [6.45, 7) is 9.61. The maximum absolute atomic E-state index is 9.78. The van der Waals surface area contributed by atoms with E-state index in [1.807, 2.05) is 52.8 Å². The summed E-state index contributed by atoms with van der Waals surface area (Å²) in [7, 11) is 0. The summed E-state index contributed by atoms with van der Waals surface area (Å²) in [4.78, 5) is 0. The Hall–Kier alpha value is -1.10. The molecule has 0 fully saturated rings. The third-order valence-electron chi connectivity index (χ3n) is 2.66. The van der Waals surface area contributed by atoms with Crippen molar-refractivity contribution in [3.05, 3.63) is 29.3 Å². The van der Waals surface area contributed by atoms with Crippen LogP contribution in [-0.4, -0.2) is 17.1 Å². The van der Waals surface area contributed by atoms with Crippen LogP contribution in [0.5, 0.6) is 0 Å². The number of nitrogen functional groups attached to an aromatic ring is 1. The van der Waals surface area contributed by atoms with E-state index in [0.717, 1.165) is 16.8 Å². The number of hydrogen-bond donors (Lipinski definition) is 3. The minimum atomic E-state index is -0.998. The molecule has 102 valence electrons. The van der Waals surface area contributed by atoms with Crippen molar-refractivity contribution in [1.82, 2.24) is 5.32 Å². The molecule has 4 nitrogen and oxygen atoms in total. The summed E-state index contributed by atoms with van der Waals surface area (Å²) in [6.07, 6.45) is -0.998. The molecule has 1 aromatic carbocycles. The molecule has 0 saturated heterocycles. The molecule has 0 spiro atoms. The van der Waals surface area contributed by atoms with Gasteiger partial charge < -0.3 is 15.6 Å². The summed E-state index contributed by atoms with van der Waals surface area (Å²) in [5.41, 5.74) is 8.31. The topological polar surface area (TPSA) is 67.5 Å². The quantitative estimate of drug-likeness (QED) is 0.568. The fraction of sp³-hybridized carbons (Fsp3) is 0.571. The number of rotatable bonds is 4. The predicted octanol–water partition coefficient (Wildman–Crippen LogP) is 2.32. The molecule has 0 aromatic heterocycles. The Morgan fingerprint density at radius 2 is 1.94 bits per heavy atom. The molecule has 18 heavy (non-hydrogen) atoms. The molecule has 0 amide bonds. The van der Waals surface area contributed by atoms with E-state index in [2.05, 4.69) is 5.32 Å². The molecule has 0 aliphatic carbocycles. The largest absolute Gasteiger partial charge is 0.399 e. The molecule has 0 bridgehead atoms. The zero-order chi connectivity index (χ0) is 13.9. The van der Waals surface area contributed by atoms with Crippen LogP contribution in [-0.2, 0) is 4.74 Å². The zero-order valence-corrected chi connectivity index (χ0v) is 11.8. The van der Waals surface area contributed by atoms with Crippen LogP contribution in [0.3, 0.4) is 0 Å². The lowest BCUT2D eigenvalue weighted by Gasteiger charge is -2.27. The molecular formula is C14H24N2O2. The first kappa shape index (κ1) is 15.0. The molecule has 1 aromatic rings. The minimum absolute atomic E-state index is 0.0368. The van der Waals surface area contributed by atoms with Crippen LogP contribution in [0.1, 0.15) is 44.9 Å². The van der Waals surface area contributed by atoms with Gasteiger partial charge in [-0.3, -0.25) is 5.32 Å². The van der Waals surface area contributed by atoms with Crippen LogP contribution in [0.15, 0.2) is 18.2 Å². The summed E-state index contributed by atoms with van der Waals surface area (Å²) in [5.74, 6) is 0. The van der Waals surface area contributed by atoms with Crippen molar-refractivity contribution >= 4 is 5.69 Å². The molecule has 2 atom stereocenters. The van der Waals surface area contributed by atoms with Gasteiger partial charge in [-0.25, -0.2) is 0 Å². The second-order valence-electron chi connectivity index (χ2n) is 5.59. The normalized spacial score (nSPS) is 15.4. The lowest BCUT2D eigenvalue weighted by molar-refractivity contribution is -0.185. The van der Waals surface area contributed by atoms with Crippen LogP contribution in [0, 0.1) is 6.92 Å². The van der Waals surface area contributed by atoms with Gasteiger partial charge in [0.15, 0.2) is 0 Å². The Morgan fingerprint density at radius 1 is 1.33 bits per heavy atom. The Morgan fingerprint density at radius 3 is 2.44 bits per heavy atom. The van der Waals surface area contributed by atoms with Crippen molar-refractivity contribution in [3.8, 4) is 0 Å². The number of nitrogens with two attached hydrogens (primary N) is 1. The van der Waals surface area contributed by atoms with E-state index in [9.17, 15) is 5.11 Å². The predicted molar refractivity (Wildman–Crippen MR) is 74.0 cm³/mol. The smallest absolute Gasteiger partial charge is 0.214 e. The van der Waals surface area contributed by atoms with Gasteiger partial charge >= 0.3 is 0 Å². The lowest BCUT2D eigenvalue weighted by atomic mass is 10.1. The number of benzene rings is 1. The van der Waals surface area contributed by atoms with Gasteiger partial charge in [0.2, 0.25) is 6.41 Å². The number of hydrogen-bond acceptors (Lipinski definition) is 4. The molecule has 0 aliphatic heterocycles. The van der Waals surface area contributed by atoms with Gasteiger partial charge in [-0.1, -0.05) is 12.1 Å². The summed E-state index contributed by atoms with van der Waals surface area (Å²) >= 11 is 0. The van der Waals surface area contributed by atoms with Gasteiger partial charge in [-0.2, -0.15) is 0 Å². The van der Waals surface area contributed by atoms with Crippen molar-refractivity contribution in [2.24, 2.45) is 0 Å². The van der Waals surface area contributed by atoms with Gasteiger partial charge in [0, 0.05) is 11.7 Å². The minimum Gasteiger partial charge on any atom is -0.399 e. The number of ether oxygens (including phenoxy) is 1. The van der Waals surface area contributed by atoms with Crippen LogP contribution in [0.4, 0.5) is 5.69 Å². The number of aryl methyl sites for hydroxylation is 1. The third-order valence-corrected chi connectivity index (χ3v) is 2.66. The first-order valence-corrected chi connectivity index (χ1v) is 6.17. The highest BCUT2D eigenvalue weighted by Gasteiger charge is 2.18. The van der Waals surface area contributed by atoms with Gasteiger partial charge in [-0.05, 0) is 51.8 Å². The fourth-order valence-corrected chi connectivity index (χ4v) is 1.61. The van der Waals surface area contributed by atoms with E-state index in [4.69, 9.17) is 10.5 Å². The van der Waals surface area contributed by atoms with Crippen LogP contribution in [0.25, 0.3) is 0 Å². The molecule has 0 saturated carbocycles. The van der Waals surface area contributed by atoms with Crippen molar-refractivity contribution in [1.29, 1.82) is 0 Å². The summed E-state index contributed by atoms with van der Waals surface area (Å²) < 4.78 is 5.40. The summed E-state index contributed by atoms with van der Waals surface area (Å²) in [6, 6.07) is 5.84. The van der Waals surface area contributed by atoms with Crippen LogP contribution >= 0.6 is 0 Å². The first-order valence-electron chi connectivity index (χ1n) is 6.17. The SMILES string of the molecule is Cc1ccc(C(C)NC(O)OC(C)(C)C)cc1N. The number of aliphatic hydroxyl groups excluding tert-OH is 1. The maximum Gasteiger partial charge on any atom is 0.214 e.